The van der Waals surface area contributed by atoms with E-state index in [1.807, 2.05) is 0 Å². The van der Waals surface area contributed by atoms with Crippen LogP contribution in [0.25, 0.3) is 0 Å². The Morgan fingerprint density at radius 2 is 2.16 bits per heavy atom. The van der Waals surface area contributed by atoms with Gasteiger partial charge in [0.1, 0.15) is 0 Å². The van der Waals surface area contributed by atoms with Crippen LogP contribution in [0.2, 0.25) is 0 Å². The summed E-state index contributed by atoms with van der Waals surface area (Å²) in [7, 11) is 0. The maximum Gasteiger partial charge on any atom is 0.0620 e. The van der Waals surface area contributed by atoms with Gasteiger partial charge >= 0.3 is 0 Å². The van der Waals surface area contributed by atoms with Crippen molar-refractivity contribution in [1.82, 2.24) is 10.6 Å². The third-order valence-electron chi connectivity index (χ3n) is 4.02. The highest BCUT2D eigenvalue weighted by atomic mass is 16.5. The lowest BCUT2D eigenvalue weighted by atomic mass is 9.86. The van der Waals surface area contributed by atoms with E-state index in [2.05, 4.69) is 38.3 Å². The van der Waals surface area contributed by atoms with Crippen LogP contribution in [0, 0.1) is 5.41 Å². The van der Waals surface area contributed by atoms with Crippen LogP contribution in [0.5, 0.6) is 0 Å². The summed E-state index contributed by atoms with van der Waals surface area (Å²) in [5, 5.41) is 7.23. The summed E-state index contributed by atoms with van der Waals surface area (Å²) in [5.41, 5.74) is 0.417. The van der Waals surface area contributed by atoms with Gasteiger partial charge in [0.2, 0.25) is 0 Å². The third-order valence-corrected chi connectivity index (χ3v) is 4.02. The van der Waals surface area contributed by atoms with Crippen LogP contribution in [0.4, 0.5) is 0 Å². The highest BCUT2D eigenvalue weighted by Gasteiger charge is 2.20. The molecule has 0 saturated carbocycles. The quantitative estimate of drug-likeness (QED) is 0.632. The summed E-state index contributed by atoms with van der Waals surface area (Å²) < 4.78 is 5.50. The van der Waals surface area contributed by atoms with Gasteiger partial charge in [-0.2, -0.15) is 0 Å². The third kappa shape index (κ3) is 7.91. The van der Waals surface area contributed by atoms with Crippen LogP contribution in [0.15, 0.2) is 0 Å². The van der Waals surface area contributed by atoms with Gasteiger partial charge in [0.15, 0.2) is 0 Å². The Hall–Kier alpha value is -0.120. The van der Waals surface area contributed by atoms with Crippen LogP contribution < -0.4 is 10.6 Å². The summed E-state index contributed by atoms with van der Waals surface area (Å²) in [6, 6.07) is 1.09. The van der Waals surface area contributed by atoms with Crippen molar-refractivity contribution in [3.8, 4) is 0 Å². The monoisotopic (exact) mass is 270 g/mol. The summed E-state index contributed by atoms with van der Waals surface area (Å²) in [6.07, 6.45) is 6.52. The maximum absolute atomic E-state index is 5.50. The van der Waals surface area contributed by atoms with Gasteiger partial charge in [-0.3, -0.25) is 0 Å². The molecule has 0 aromatic carbocycles. The van der Waals surface area contributed by atoms with Crippen LogP contribution in [0.1, 0.15) is 59.8 Å². The van der Waals surface area contributed by atoms with Crippen molar-refractivity contribution in [2.75, 3.05) is 26.3 Å². The van der Waals surface area contributed by atoms with Crippen molar-refractivity contribution in [1.29, 1.82) is 0 Å². The smallest absolute Gasteiger partial charge is 0.0620 e. The molecule has 0 amide bonds. The first-order valence-corrected chi connectivity index (χ1v) is 8.08. The fourth-order valence-electron chi connectivity index (χ4n) is 2.67. The number of ether oxygens (including phenoxy) is 1. The van der Waals surface area contributed by atoms with E-state index in [-0.39, 0.29) is 0 Å². The molecule has 1 heterocycles. The minimum Gasteiger partial charge on any atom is -0.379 e. The second-order valence-electron chi connectivity index (χ2n) is 6.86. The molecule has 1 aliphatic heterocycles. The summed E-state index contributed by atoms with van der Waals surface area (Å²) in [5.74, 6) is 0. The largest absolute Gasteiger partial charge is 0.379 e. The molecule has 1 rings (SSSR count). The van der Waals surface area contributed by atoms with E-state index in [0.717, 1.165) is 32.7 Å². The minimum absolute atomic E-state index is 0.417. The predicted octanol–water partition coefficient (Wildman–Crippen LogP) is 2.95. The maximum atomic E-state index is 5.50. The molecule has 1 saturated heterocycles. The second kappa shape index (κ2) is 8.93. The van der Waals surface area contributed by atoms with Gasteiger partial charge in [-0.15, -0.1) is 0 Å². The van der Waals surface area contributed by atoms with E-state index in [1.54, 1.807) is 0 Å². The summed E-state index contributed by atoms with van der Waals surface area (Å²) >= 11 is 0. The Morgan fingerprint density at radius 3 is 2.79 bits per heavy atom. The lowest BCUT2D eigenvalue weighted by molar-refractivity contribution is 0.0707. The molecular formula is C16H34N2O. The Morgan fingerprint density at radius 1 is 1.37 bits per heavy atom. The summed E-state index contributed by atoms with van der Waals surface area (Å²) in [6.45, 7) is 13.2. The molecule has 2 atom stereocenters. The van der Waals surface area contributed by atoms with E-state index in [1.165, 1.54) is 25.7 Å². The Bertz CT molecular complexity index is 225. The zero-order chi connectivity index (χ0) is 14.1. The minimum atomic E-state index is 0.417. The van der Waals surface area contributed by atoms with Crippen molar-refractivity contribution < 1.29 is 4.74 Å². The normalized spacial score (nSPS) is 22.4. The molecule has 0 aromatic heterocycles. The first-order chi connectivity index (χ1) is 9.03. The lowest BCUT2D eigenvalue weighted by Crippen LogP contribution is -2.46. The van der Waals surface area contributed by atoms with E-state index in [0.29, 0.717) is 17.5 Å². The van der Waals surface area contributed by atoms with Gasteiger partial charge in [-0.1, -0.05) is 40.0 Å². The number of morpholine rings is 1. The first-order valence-electron chi connectivity index (χ1n) is 8.08. The molecule has 2 N–H and O–H groups in total. The standard InChI is InChI=1S/C16H34N2O/c1-5-6-7-8-16(3,4)13-18-14(2)11-15-12-19-10-9-17-15/h14-15,17-18H,5-13H2,1-4H3. The van der Waals surface area contributed by atoms with Gasteiger partial charge < -0.3 is 15.4 Å². The van der Waals surface area contributed by atoms with E-state index in [4.69, 9.17) is 4.74 Å². The van der Waals surface area contributed by atoms with Crippen LogP contribution >= 0.6 is 0 Å². The number of hydrogen-bond donors (Lipinski definition) is 2. The molecule has 2 unspecified atom stereocenters. The Labute approximate surface area is 119 Å². The molecule has 0 bridgehead atoms. The van der Waals surface area contributed by atoms with Crippen molar-refractivity contribution in [2.45, 2.75) is 71.9 Å². The molecule has 1 aliphatic rings. The molecule has 1 fully saturated rings. The predicted molar refractivity (Wildman–Crippen MR) is 82.6 cm³/mol. The highest BCUT2D eigenvalue weighted by molar-refractivity contribution is 4.78. The number of unbranched alkanes of at least 4 members (excludes halogenated alkanes) is 2. The molecule has 114 valence electrons. The fourth-order valence-corrected chi connectivity index (χ4v) is 2.67. The molecule has 0 radical (unpaired) electrons. The van der Waals surface area contributed by atoms with Gasteiger partial charge in [-0.25, -0.2) is 0 Å². The average molecular weight is 270 g/mol. The molecule has 19 heavy (non-hydrogen) atoms. The van der Waals surface area contributed by atoms with Crippen molar-refractivity contribution in [3.63, 3.8) is 0 Å². The van der Waals surface area contributed by atoms with Crippen molar-refractivity contribution >= 4 is 0 Å². The van der Waals surface area contributed by atoms with Crippen molar-refractivity contribution in [2.24, 2.45) is 5.41 Å². The van der Waals surface area contributed by atoms with Crippen LogP contribution in [0.3, 0.4) is 0 Å². The molecule has 0 aliphatic carbocycles. The fraction of sp³-hybridized carbons (Fsp3) is 1.00. The lowest BCUT2D eigenvalue weighted by Gasteiger charge is -2.30. The molecule has 3 nitrogen and oxygen atoms in total. The Balaban J connectivity index is 2.14. The van der Waals surface area contributed by atoms with E-state index < -0.39 is 0 Å². The molecular weight excluding hydrogens is 236 g/mol. The zero-order valence-electron chi connectivity index (χ0n) is 13.4. The van der Waals surface area contributed by atoms with Crippen LogP contribution in [-0.2, 0) is 4.74 Å². The van der Waals surface area contributed by atoms with Crippen molar-refractivity contribution in [3.05, 3.63) is 0 Å². The highest BCUT2D eigenvalue weighted by Crippen LogP contribution is 2.23. The first kappa shape index (κ1) is 16.9. The van der Waals surface area contributed by atoms with Gasteiger partial charge in [0.25, 0.3) is 0 Å². The topological polar surface area (TPSA) is 33.3 Å². The Kier molecular flexibility index (Phi) is 7.96. The zero-order valence-corrected chi connectivity index (χ0v) is 13.4. The van der Waals surface area contributed by atoms with Gasteiger partial charge in [0, 0.05) is 25.2 Å². The number of rotatable bonds is 9. The van der Waals surface area contributed by atoms with Gasteiger partial charge in [0.05, 0.1) is 13.2 Å². The molecule has 0 aromatic rings. The average Bonchev–Trinajstić information content (AvgIpc) is 2.38. The van der Waals surface area contributed by atoms with Gasteiger partial charge in [-0.05, 0) is 25.2 Å². The molecule has 0 spiro atoms. The number of nitrogens with one attached hydrogen (secondary N) is 2. The summed E-state index contributed by atoms with van der Waals surface area (Å²) in [4.78, 5) is 0. The molecule has 3 heteroatoms. The SMILES string of the molecule is CCCCCC(C)(C)CNC(C)CC1COCCN1. The second-order valence-corrected chi connectivity index (χ2v) is 6.86. The number of hydrogen-bond acceptors (Lipinski definition) is 3. The van der Waals surface area contributed by atoms with Crippen LogP contribution in [-0.4, -0.2) is 38.4 Å². The van der Waals surface area contributed by atoms with E-state index in [9.17, 15) is 0 Å². The van der Waals surface area contributed by atoms with E-state index >= 15 is 0 Å².